The zero-order valence-electron chi connectivity index (χ0n) is 11.9. The molecular weight excluding hydrogens is 300 g/mol. The van der Waals surface area contributed by atoms with Gasteiger partial charge in [-0.1, -0.05) is 28.1 Å². The van der Waals surface area contributed by atoms with Gasteiger partial charge in [0.2, 0.25) is 0 Å². The molecule has 0 amide bonds. The van der Waals surface area contributed by atoms with Gasteiger partial charge in [0, 0.05) is 36.2 Å². The van der Waals surface area contributed by atoms with Crippen LogP contribution in [0.1, 0.15) is 30.9 Å². The molecule has 2 aliphatic rings. The van der Waals surface area contributed by atoms with E-state index in [4.69, 9.17) is 0 Å². The maximum Gasteiger partial charge on any atom is 0.0399 e. The molecule has 0 radical (unpaired) electrons. The molecule has 0 saturated carbocycles. The van der Waals surface area contributed by atoms with Crippen LogP contribution >= 0.6 is 15.9 Å². The molecule has 2 fully saturated rings. The predicted molar refractivity (Wildman–Crippen MR) is 85.2 cm³/mol. The maximum absolute atomic E-state index is 3.54. The number of benzene rings is 1. The molecule has 2 unspecified atom stereocenters. The molecule has 0 spiro atoms. The van der Waals surface area contributed by atoms with Gasteiger partial charge in [-0.2, -0.15) is 0 Å². The minimum absolute atomic E-state index is 0.628. The highest BCUT2D eigenvalue weighted by atomic mass is 79.9. The first-order chi connectivity index (χ1) is 9.19. The van der Waals surface area contributed by atoms with E-state index in [1.807, 2.05) is 0 Å². The van der Waals surface area contributed by atoms with Gasteiger partial charge in [0.05, 0.1) is 0 Å². The third kappa shape index (κ3) is 2.55. The average molecular weight is 323 g/mol. The van der Waals surface area contributed by atoms with E-state index in [-0.39, 0.29) is 0 Å². The van der Waals surface area contributed by atoms with Crippen molar-refractivity contribution in [1.29, 1.82) is 0 Å². The molecule has 3 heteroatoms. The number of hydrogen-bond donors (Lipinski definition) is 0. The van der Waals surface area contributed by atoms with Gasteiger partial charge in [0.1, 0.15) is 0 Å². The summed E-state index contributed by atoms with van der Waals surface area (Å²) in [5.74, 6) is 0. The summed E-state index contributed by atoms with van der Waals surface area (Å²) in [7, 11) is 0. The number of nitrogens with zero attached hydrogens (tertiary/aromatic N) is 2. The van der Waals surface area contributed by atoms with Gasteiger partial charge in [0.15, 0.2) is 0 Å². The van der Waals surface area contributed by atoms with Crippen LogP contribution in [0.3, 0.4) is 0 Å². The molecule has 1 aromatic rings. The molecule has 0 N–H and O–H groups in total. The van der Waals surface area contributed by atoms with Crippen molar-refractivity contribution >= 4 is 21.6 Å². The highest BCUT2D eigenvalue weighted by molar-refractivity contribution is 9.08. The van der Waals surface area contributed by atoms with Gasteiger partial charge >= 0.3 is 0 Å². The Morgan fingerprint density at radius 1 is 1.32 bits per heavy atom. The van der Waals surface area contributed by atoms with Crippen molar-refractivity contribution in [2.24, 2.45) is 0 Å². The lowest BCUT2D eigenvalue weighted by molar-refractivity contribution is 0.203. The first-order valence-corrected chi connectivity index (χ1v) is 8.47. The van der Waals surface area contributed by atoms with E-state index >= 15 is 0 Å². The summed E-state index contributed by atoms with van der Waals surface area (Å²) in [6, 6.07) is 8.30. The van der Waals surface area contributed by atoms with Crippen LogP contribution in [0.25, 0.3) is 0 Å². The summed E-state index contributed by atoms with van der Waals surface area (Å²) in [4.78, 5) is 5.31. The number of hydrogen-bond acceptors (Lipinski definition) is 2. The van der Waals surface area contributed by atoms with Crippen LogP contribution in [0, 0.1) is 6.92 Å². The van der Waals surface area contributed by atoms with Crippen molar-refractivity contribution in [3.8, 4) is 0 Å². The Labute approximate surface area is 124 Å². The Bertz CT molecular complexity index is 460. The Balaban J connectivity index is 1.84. The van der Waals surface area contributed by atoms with Gasteiger partial charge in [-0.15, -0.1) is 0 Å². The first kappa shape index (κ1) is 13.4. The van der Waals surface area contributed by atoms with Gasteiger partial charge in [-0.05, 0) is 50.4 Å². The Morgan fingerprint density at radius 2 is 2.16 bits per heavy atom. The lowest BCUT2D eigenvalue weighted by Crippen LogP contribution is -2.55. The van der Waals surface area contributed by atoms with E-state index in [0.717, 1.165) is 11.4 Å². The standard InChI is InChI=1S/C16H23BrN2/c1-12-8-14(9-17)5-6-16(12)19-11-15-4-3-7-18(15)10-13(19)2/h5-6,8,13,15H,3-4,7,9-11H2,1-2H3. The second-order valence-corrected chi connectivity index (χ2v) is 6.61. The molecule has 104 valence electrons. The zero-order valence-corrected chi connectivity index (χ0v) is 13.5. The second-order valence-electron chi connectivity index (χ2n) is 6.05. The first-order valence-electron chi connectivity index (χ1n) is 7.35. The molecule has 0 aliphatic carbocycles. The third-order valence-electron chi connectivity index (χ3n) is 4.66. The zero-order chi connectivity index (χ0) is 13.4. The Kier molecular flexibility index (Phi) is 3.86. The maximum atomic E-state index is 3.54. The summed E-state index contributed by atoms with van der Waals surface area (Å²) in [6.07, 6.45) is 2.76. The highest BCUT2D eigenvalue weighted by Crippen LogP contribution is 2.31. The molecule has 2 aliphatic heterocycles. The van der Waals surface area contributed by atoms with Gasteiger partial charge < -0.3 is 4.90 Å². The van der Waals surface area contributed by atoms with E-state index < -0.39 is 0 Å². The van der Waals surface area contributed by atoms with Crippen LogP contribution < -0.4 is 4.90 Å². The fourth-order valence-electron chi connectivity index (χ4n) is 3.65. The fourth-order valence-corrected chi connectivity index (χ4v) is 3.99. The van der Waals surface area contributed by atoms with Gasteiger partial charge in [0.25, 0.3) is 0 Å². The number of alkyl halides is 1. The summed E-state index contributed by atoms with van der Waals surface area (Å²) in [5, 5.41) is 0.945. The fraction of sp³-hybridized carbons (Fsp3) is 0.625. The number of rotatable bonds is 2. The molecular formula is C16H23BrN2. The number of fused-ring (bicyclic) bond motifs is 1. The smallest absolute Gasteiger partial charge is 0.0399 e. The monoisotopic (exact) mass is 322 g/mol. The summed E-state index contributed by atoms with van der Waals surface area (Å²) in [6.45, 7) is 8.35. The second kappa shape index (κ2) is 5.45. The lowest BCUT2D eigenvalue weighted by Gasteiger charge is -2.44. The van der Waals surface area contributed by atoms with E-state index in [1.165, 1.54) is 49.3 Å². The van der Waals surface area contributed by atoms with Crippen LogP contribution in [-0.4, -0.2) is 36.6 Å². The van der Waals surface area contributed by atoms with Crippen LogP contribution in [0.2, 0.25) is 0 Å². The average Bonchev–Trinajstić information content (AvgIpc) is 2.85. The van der Waals surface area contributed by atoms with Gasteiger partial charge in [-0.3, -0.25) is 4.90 Å². The molecule has 0 bridgehead atoms. The highest BCUT2D eigenvalue weighted by Gasteiger charge is 2.34. The largest absolute Gasteiger partial charge is 0.366 e. The van der Waals surface area contributed by atoms with E-state index in [2.05, 4.69) is 57.8 Å². The van der Waals surface area contributed by atoms with Gasteiger partial charge in [-0.25, -0.2) is 0 Å². The Hall–Kier alpha value is -0.540. The van der Waals surface area contributed by atoms with E-state index in [1.54, 1.807) is 0 Å². The molecule has 2 nitrogen and oxygen atoms in total. The molecule has 19 heavy (non-hydrogen) atoms. The number of halogens is 1. The topological polar surface area (TPSA) is 6.48 Å². The molecule has 3 rings (SSSR count). The van der Waals surface area contributed by atoms with E-state index in [9.17, 15) is 0 Å². The predicted octanol–water partition coefficient (Wildman–Crippen LogP) is 3.56. The normalized spacial score (nSPS) is 27.6. The third-order valence-corrected chi connectivity index (χ3v) is 5.31. The van der Waals surface area contributed by atoms with Crippen LogP contribution in [-0.2, 0) is 5.33 Å². The number of aryl methyl sites for hydroxylation is 1. The number of anilines is 1. The van der Waals surface area contributed by atoms with Crippen LogP contribution in [0.5, 0.6) is 0 Å². The summed E-state index contributed by atoms with van der Waals surface area (Å²) in [5.41, 5.74) is 4.22. The lowest BCUT2D eigenvalue weighted by atomic mass is 10.0. The van der Waals surface area contributed by atoms with Crippen molar-refractivity contribution < 1.29 is 0 Å². The van der Waals surface area contributed by atoms with E-state index in [0.29, 0.717) is 6.04 Å². The van der Waals surface area contributed by atoms with Crippen molar-refractivity contribution in [3.63, 3.8) is 0 Å². The minimum atomic E-state index is 0.628. The van der Waals surface area contributed by atoms with Crippen molar-refractivity contribution in [2.45, 2.75) is 44.1 Å². The number of piperazine rings is 1. The quantitative estimate of drug-likeness (QED) is 0.768. The molecule has 0 aromatic heterocycles. The van der Waals surface area contributed by atoms with Crippen LogP contribution in [0.15, 0.2) is 18.2 Å². The van der Waals surface area contributed by atoms with Crippen molar-refractivity contribution in [1.82, 2.24) is 4.90 Å². The Morgan fingerprint density at radius 3 is 2.89 bits per heavy atom. The van der Waals surface area contributed by atoms with Crippen molar-refractivity contribution in [3.05, 3.63) is 29.3 Å². The SMILES string of the molecule is Cc1cc(CBr)ccc1N1CC2CCCN2CC1C. The molecule has 2 heterocycles. The summed E-state index contributed by atoms with van der Waals surface area (Å²) >= 11 is 3.54. The molecule has 2 atom stereocenters. The minimum Gasteiger partial charge on any atom is -0.366 e. The van der Waals surface area contributed by atoms with Crippen LogP contribution in [0.4, 0.5) is 5.69 Å². The van der Waals surface area contributed by atoms with Crippen molar-refractivity contribution in [2.75, 3.05) is 24.5 Å². The molecule has 1 aromatic carbocycles. The summed E-state index contributed by atoms with van der Waals surface area (Å²) < 4.78 is 0. The molecule has 2 saturated heterocycles.